The zero-order chi connectivity index (χ0) is 20.1. The first-order valence-corrected chi connectivity index (χ1v) is 9.63. The van der Waals surface area contributed by atoms with Gasteiger partial charge in [0.25, 0.3) is 0 Å². The molecule has 1 aliphatic heterocycles. The number of likely N-dealkylation sites (tertiary alicyclic amines) is 1. The van der Waals surface area contributed by atoms with Crippen molar-refractivity contribution in [1.82, 2.24) is 4.90 Å². The summed E-state index contributed by atoms with van der Waals surface area (Å²) >= 11 is 6.19. The first-order valence-electron chi connectivity index (χ1n) is 9.25. The van der Waals surface area contributed by atoms with Gasteiger partial charge in [0.1, 0.15) is 5.60 Å². The van der Waals surface area contributed by atoms with Crippen molar-refractivity contribution in [3.05, 3.63) is 47.0 Å². The predicted molar refractivity (Wildman–Crippen MR) is 106 cm³/mol. The van der Waals surface area contributed by atoms with Crippen LogP contribution in [0.3, 0.4) is 0 Å². The molecule has 0 bridgehead atoms. The first-order chi connectivity index (χ1) is 12.6. The van der Waals surface area contributed by atoms with Crippen LogP contribution in [-0.4, -0.2) is 42.3 Å². The molecule has 1 fully saturated rings. The van der Waals surface area contributed by atoms with Crippen molar-refractivity contribution in [2.75, 3.05) is 19.7 Å². The fourth-order valence-electron chi connectivity index (χ4n) is 3.18. The van der Waals surface area contributed by atoms with Gasteiger partial charge in [0.2, 0.25) is 0 Å². The van der Waals surface area contributed by atoms with E-state index in [1.807, 2.05) is 51.1 Å². The number of carbonyl (C=O) groups excluding carboxylic acids is 2. The number of hydrogen-bond donors (Lipinski definition) is 0. The first kappa shape index (κ1) is 21.3. The number of nitrogens with zero attached hydrogens (tertiary/aromatic N) is 1. The van der Waals surface area contributed by atoms with Gasteiger partial charge < -0.3 is 14.4 Å². The van der Waals surface area contributed by atoms with Gasteiger partial charge in [-0.3, -0.25) is 0 Å². The Bertz CT molecular complexity index is 700. The summed E-state index contributed by atoms with van der Waals surface area (Å²) in [7, 11) is 0. The lowest BCUT2D eigenvalue weighted by atomic mass is 9.72. The van der Waals surface area contributed by atoms with Gasteiger partial charge in [-0.05, 0) is 58.2 Å². The van der Waals surface area contributed by atoms with Gasteiger partial charge in [-0.25, -0.2) is 9.59 Å². The number of esters is 1. The normalized spacial score (nSPS) is 17.0. The third kappa shape index (κ3) is 5.99. The van der Waals surface area contributed by atoms with Crippen LogP contribution >= 0.6 is 11.6 Å². The molecule has 1 aliphatic rings. The van der Waals surface area contributed by atoms with E-state index in [2.05, 4.69) is 0 Å². The SMILES string of the molecule is CCOC(=O)/C=C\C1(c2cccc(Cl)c2)CCN(C(=O)OC(C)(C)C)CC1. The van der Waals surface area contributed by atoms with Crippen LogP contribution in [0.2, 0.25) is 5.02 Å². The molecule has 1 heterocycles. The molecule has 1 aromatic carbocycles. The summed E-state index contributed by atoms with van der Waals surface area (Å²) in [4.78, 5) is 25.9. The molecule has 0 aromatic heterocycles. The summed E-state index contributed by atoms with van der Waals surface area (Å²) < 4.78 is 10.5. The Labute approximate surface area is 166 Å². The number of benzene rings is 1. The summed E-state index contributed by atoms with van der Waals surface area (Å²) in [5, 5.41) is 0.644. The highest BCUT2D eigenvalue weighted by molar-refractivity contribution is 6.30. The van der Waals surface area contributed by atoms with E-state index in [0.29, 0.717) is 37.6 Å². The van der Waals surface area contributed by atoms with Crippen LogP contribution in [0.5, 0.6) is 0 Å². The van der Waals surface area contributed by atoms with Gasteiger partial charge in [0, 0.05) is 29.6 Å². The minimum absolute atomic E-state index is 0.309. The average Bonchev–Trinajstić information content (AvgIpc) is 2.59. The van der Waals surface area contributed by atoms with Crippen LogP contribution < -0.4 is 0 Å². The van der Waals surface area contributed by atoms with Crippen LogP contribution in [-0.2, 0) is 19.7 Å². The quantitative estimate of drug-likeness (QED) is 0.548. The zero-order valence-electron chi connectivity index (χ0n) is 16.5. The van der Waals surface area contributed by atoms with Crippen molar-refractivity contribution >= 4 is 23.7 Å². The maximum atomic E-state index is 12.4. The summed E-state index contributed by atoms with van der Waals surface area (Å²) in [6, 6.07) is 7.65. The minimum atomic E-state index is -0.525. The van der Waals surface area contributed by atoms with Crippen molar-refractivity contribution in [3.8, 4) is 0 Å². The Morgan fingerprint density at radius 2 is 1.93 bits per heavy atom. The highest BCUT2D eigenvalue weighted by atomic mass is 35.5. The van der Waals surface area contributed by atoms with Gasteiger partial charge in [0.05, 0.1) is 6.61 Å². The van der Waals surface area contributed by atoms with Crippen molar-refractivity contribution in [1.29, 1.82) is 0 Å². The number of hydrogen-bond acceptors (Lipinski definition) is 4. The Balaban J connectivity index is 2.21. The predicted octanol–water partition coefficient (Wildman–Crippen LogP) is 4.73. The second kappa shape index (κ2) is 8.79. The molecule has 0 N–H and O–H groups in total. The third-order valence-electron chi connectivity index (χ3n) is 4.53. The van der Waals surface area contributed by atoms with E-state index in [-0.39, 0.29) is 17.5 Å². The largest absolute Gasteiger partial charge is 0.463 e. The Morgan fingerprint density at radius 3 is 2.48 bits per heavy atom. The van der Waals surface area contributed by atoms with Crippen molar-refractivity contribution < 1.29 is 19.1 Å². The monoisotopic (exact) mass is 393 g/mol. The Kier molecular flexibility index (Phi) is 6.93. The van der Waals surface area contributed by atoms with Gasteiger partial charge in [-0.2, -0.15) is 0 Å². The maximum absolute atomic E-state index is 12.4. The number of carbonyl (C=O) groups is 2. The van der Waals surface area contributed by atoms with Crippen LogP contribution in [0.1, 0.15) is 46.1 Å². The smallest absolute Gasteiger partial charge is 0.410 e. The van der Waals surface area contributed by atoms with Gasteiger partial charge in [-0.15, -0.1) is 0 Å². The van der Waals surface area contributed by atoms with E-state index < -0.39 is 5.60 Å². The van der Waals surface area contributed by atoms with Gasteiger partial charge >= 0.3 is 12.1 Å². The molecular formula is C21H28ClNO4. The van der Waals surface area contributed by atoms with E-state index in [1.54, 1.807) is 11.8 Å². The lowest BCUT2D eigenvalue weighted by Gasteiger charge is -2.40. The van der Waals surface area contributed by atoms with Crippen LogP contribution in [0, 0.1) is 0 Å². The topological polar surface area (TPSA) is 55.8 Å². The number of halogens is 1. The van der Waals surface area contributed by atoms with Gasteiger partial charge in [0.15, 0.2) is 0 Å². The van der Waals surface area contributed by atoms with E-state index in [4.69, 9.17) is 21.1 Å². The number of ether oxygens (including phenoxy) is 2. The molecule has 0 saturated carbocycles. The van der Waals surface area contributed by atoms with Crippen LogP contribution in [0.15, 0.2) is 36.4 Å². The molecule has 6 heteroatoms. The second-order valence-electron chi connectivity index (χ2n) is 7.72. The average molecular weight is 394 g/mol. The molecule has 0 spiro atoms. The number of allylic oxidation sites excluding steroid dienone is 1. The van der Waals surface area contributed by atoms with E-state index in [1.165, 1.54) is 6.08 Å². The zero-order valence-corrected chi connectivity index (χ0v) is 17.2. The van der Waals surface area contributed by atoms with Crippen LogP contribution in [0.25, 0.3) is 0 Å². The molecule has 1 saturated heterocycles. The Morgan fingerprint density at radius 1 is 1.26 bits per heavy atom. The van der Waals surface area contributed by atoms with E-state index in [0.717, 1.165) is 5.56 Å². The second-order valence-corrected chi connectivity index (χ2v) is 8.16. The fourth-order valence-corrected chi connectivity index (χ4v) is 3.37. The molecule has 0 aliphatic carbocycles. The third-order valence-corrected chi connectivity index (χ3v) is 4.77. The molecule has 148 valence electrons. The molecule has 5 nitrogen and oxygen atoms in total. The molecule has 27 heavy (non-hydrogen) atoms. The number of amides is 1. The lowest BCUT2D eigenvalue weighted by Crippen LogP contribution is -2.46. The molecule has 2 rings (SSSR count). The van der Waals surface area contributed by atoms with Crippen molar-refractivity contribution in [2.45, 2.75) is 51.6 Å². The summed E-state index contributed by atoms with van der Waals surface area (Å²) in [5.74, 6) is -0.367. The standard InChI is InChI=1S/C21H28ClNO4/c1-5-26-18(24)9-10-21(16-7-6-8-17(22)15-16)11-13-23(14-12-21)19(25)27-20(2,3)4/h6-10,15H,5,11-14H2,1-4H3/b10-9-. The van der Waals surface area contributed by atoms with Gasteiger partial charge in [-0.1, -0.05) is 29.8 Å². The van der Waals surface area contributed by atoms with Crippen LogP contribution in [0.4, 0.5) is 4.79 Å². The fraction of sp³-hybridized carbons (Fsp3) is 0.524. The van der Waals surface area contributed by atoms with Crippen molar-refractivity contribution in [3.63, 3.8) is 0 Å². The number of rotatable bonds is 4. The number of piperidine rings is 1. The summed E-state index contributed by atoms with van der Waals surface area (Å²) in [5.41, 5.74) is 0.123. The highest BCUT2D eigenvalue weighted by Gasteiger charge is 2.37. The molecule has 0 atom stereocenters. The van der Waals surface area contributed by atoms with Crippen molar-refractivity contribution in [2.24, 2.45) is 0 Å². The van der Waals surface area contributed by atoms with E-state index in [9.17, 15) is 9.59 Å². The minimum Gasteiger partial charge on any atom is -0.463 e. The Hall–Kier alpha value is -2.01. The maximum Gasteiger partial charge on any atom is 0.410 e. The molecule has 0 radical (unpaired) electrons. The lowest BCUT2D eigenvalue weighted by molar-refractivity contribution is -0.137. The molecule has 1 aromatic rings. The highest BCUT2D eigenvalue weighted by Crippen LogP contribution is 2.38. The summed E-state index contributed by atoms with van der Waals surface area (Å²) in [6.45, 7) is 8.74. The molecule has 1 amide bonds. The molecule has 0 unspecified atom stereocenters. The summed E-state index contributed by atoms with van der Waals surface area (Å²) in [6.07, 6.45) is 4.40. The molecular weight excluding hydrogens is 366 g/mol. The van der Waals surface area contributed by atoms with E-state index >= 15 is 0 Å².